The Morgan fingerprint density at radius 3 is 1.73 bits per heavy atom. The van der Waals surface area contributed by atoms with Crippen LogP contribution in [0.3, 0.4) is 0 Å². The molecule has 6 amide bonds. The highest BCUT2D eigenvalue weighted by Crippen LogP contribution is 2.29. The zero-order valence-electron chi connectivity index (χ0n) is 40.3. The summed E-state index contributed by atoms with van der Waals surface area (Å²) in [6.07, 6.45) is 4.54. The molecule has 0 radical (unpaired) electrons. The smallest absolute Gasteiger partial charge is 0.253 e. The Bertz CT molecular complexity index is 1450. The van der Waals surface area contributed by atoms with Crippen molar-refractivity contribution in [1.82, 2.24) is 24.9 Å². The number of methoxy groups -OCH3 is 2. The molecule has 1 fully saturated rings. The minimum Gasteiger partial charge on any atom is -0.379 e. The van der Waals surface area contributed by atoms with Crippen LogP contribution in [0.15, 0.2) is 12.2 Å². The molecule has 5 atom stereocenters. The van der Waals surface area contributed by atoms with Gasteiger partial charge in [-0.25, -0.2) is 0 Å². The minimum absolute atomic E-state index is 0.00252. The van der Waals surface area contributed by atoms with Gasteiger partial charge in [0.05, 0.1) is 130 Å². The lowest BCUT2D eigenvalue weighted by Crippen LogP contribution is -2.58. The van der Waals surface area contributed by atoms with Gasteiger partial charge < -0.3 is 57.9 Å². The molecule has 0 aromatic rings. The van der Waals surface area contributed by atoms with Crippen molar-refractivity contribution in [3.05, 3.63) is 12.2 Å². The highest BCUT2D eigenvalue weighted by Gasteiger charge is 2.40. The van der Waals surface area contributed by atoms with E-state index in [1.165, 1.54) is 17.1 Å². The Morgan fingerprint density at radius 2 is 1.27 bits per heavy atom. The summed E-state index contributed by atoms with van der Waals surface area (Å²) in [6.45, 7) is 16.1. The number of hydrogen-bond donors (Lipinski definition) is 1. The third kappa shape index (κ3) is 18.7. The predicted octanol–water partition coefficient (Wildman–Crippen LogP) is 1.69. The fourth-order valence-electron chi connectivity index (χ4n) is 7.65. The zero-order valence-corrected chi connectivity index (χ0v) is 40.3. The number of ether oxygens (including phenoxy) is 8. The molecule has 0 aromatic heterocycles. The third-order valence-corrected chi connectivity index (χ3v) is 11.9. The van der Waals surface area contributed by atoms with E-state index in [0.29, 0.717) is 66.0 Å². The Morgan fingerprint density at radius 1 is 0.766 bits per heavy atom. The standard InChI is InChI=1S/C45H79N5O14/c1-11-34(4)42(36(57-9)31-40(54)49-17-12-13-35(49)43(58-10)33(2)3)47(7)41(55)32-46-44(56)45(5,6)48(8)37(51)16-19-59-21-23-61-25-27-63-29-30-64-28-26-62-24-22-60-20-18-50-38(52)14-15-39(50)53/h14-15,33-36,42-43H,11-13,16-32H2,1-10H3,(H,46,56). The van der Waals surface area contributed by atoms with E-state index in [1.807, 2.05) is 18.7 Å². The number of carbonyl (C=O) groups is 6. The van der Waals surface area contributed by atoms with Gasteiger partial charge in [0.15, 0.2) is 0 Å². The second-order valence-corrected chi connectivity index (χ2v) is 16.9. The van der Waals surface area contributed by atoms with Crippen molar-refractivity contribution in [2.75, 3.05) is 127 Å². The lowest BCUT2D eigenvalue weighted by atomic mass is 9.90. The first kappa shape index (κ1) is 56.6. The average molecular weight is 914 g/mol. The lowest BCUT2D eigenvalue weighted by Gasteiger charge is -2.39. The van der Waals surface area contributed by atoms with Crippen LogP contribution in [0.1, 0.15) is 73.6 Å². The molecule has 5 unspecified atom stereocenters. The topological polar surface area (TPSA) is 201 Å². The highest BCUT2D eigenvalue weighted by atomic mass is 16.6. The van der Waals surface area contributed by atoms with E-state index in [0.717, 1.165) is 24.2 Å². The molecule has 2 heterocycles. The van der Waals surface area contributed by atoms with Crippen molar-refractivity contribution >= 4 is 35.4 Å². The maximum absolute atomic E-state index is 13.7. The Hall–Kier alpha value is -3.56. The number of imide groups is 1. The van der Waals surface area contributed by atoms with E-state index in [-0.39, 0.29) is 99.3 Å². The number of nitrogens with one attached hydrogen (secondary N) is 1. The van der Waals surface area contributed by atoms with E-state index in [2.05, 4.69) is 19.2 Å². The van der Waals surface area contributed by atoms with Crippen LogP contribution in [0.4, 0.5) is 0 Å². The Balaban J connectivity index is 1.60. The number of carbonyl (C=O) groups excluding carboxylic acids is 6. The molecule has 1 N–H and O–H groups in total. The quantitative estimate of drug-likeness (QED) is 0.0712. The van der Waals surface area contributed by atoms with Crippen molar-refractivity contribution in [3.8, 4) is 0 Å². The van der Waals surface area contributed by atoms with Crippen molar-refractivity contribution in [1.29, 1.82) is 0 Å². The third-order valence-electron chi connectivity index (χ3n) is 11.9. The fourth-order valence-corrected chi connectivity index (χ4v) is 7.65. The van der Waals surface area contributed by atoms with E-state index in [9.17, 15) is 28.8 Å². The van der Waals surface area contributed by atoms with Gasteiger partial charge in [-0.15, -0.1) is 0 Å². The number of likely N-dealkylation sites (N-methyl/N-ethyl adjacent to an activating group) is 2. The molecule has 19 heteroatoms. The fraction of sp³-hybridized carbons (Fsp3) is 0.822. The molecular weight excluding hydrogens is 835 g/mol. The molecule has 0 spiro atoms. The van der Waals surface area contributed by atoms with Crippen molar-refractivity contribution in [2.45, 2.75) is 103 Å². The molecule has 0 aliphatic carbocycles. The van der Waals surface area contributed by atoms with Gasteiger partial charge in [0.1, 0.15) is 5.54 Å². The number of rotatable bonds is 35. The van der Waals surface area contributed by atoms with Gasteiger partial charge in [-0.2, -0.15) is 0 Å². The van der Waals surface area contributed by atoms with Gasteiger partial charge in [-0.1, -0.05) is 34.1 Å². The zero-order chi connectivity index (χ0) is 47.7. The summed E-state index contributed by atoms with van der Waals surface area (Å²) in [6, 6.07) is -0.435. The summed E-state index contributed by atoms with van der Waals surface area (Å²) < 4.78 is 44.6. The van der Waals surface area contributed by atoms with E-state index in [4.69, 9.17) is 37.9 Å². The van der Waals surface area contributed by atoms with Gasteiger partial charge >= 0.3 is 0 Å². The molecular formula is C45H79N5O14. The number of hydrogen-bond acceptors (Lipinski definition) is 14. The highest BCUT2D eigenvalue weighted by molar-refractivity contribution is 6.12. The van der Waals surface area contributed by atoms with Gasteiger partial charge in [0, 0.05) is 47.0 Å². The minimum atomic E-state index is -1.26. The van der Waals surface area contributed by atoms with Gasteiger partial charge in [0.25, 0.3) is 11.8 Å². The molecule has 0 aromatic carbocycles. The largest absolute Gasteiger partial charge is 0.379 e. The monoisotopic (exact) mass is 914 g/mol. The molecule has 0 bridgehead atoms. The van der Waals surface area contributed by atoms with E-state index in [1.54, 1.807) is 47.1 Å². The van der Waals surface area contributed by atoms with Crippen LogP contribution >= 0.6 is 0 Å². The lowest BCUT2D eigenvalue weighted by molar-refractivity contribution is -0.147. The van der Waals surface area contributed by atoms with Gasteiger partial charge in [-0.05, 0) is 38.5 Å². The maximum atomic E-state index is 13.7. The molecule has 0 saturated carbocycles. The SMILES string of the molecule is CCC(C)C(C(CC(=O)N1CCCC1C(OC)C(C)C)OC)N(C)C(=O)CNC(=O)C(C)(C)N(C)C(=O)CCOCCOCCOCCOCCOCCOCCN1C(=O)C=CC1=O. The summed E-state index contributed by atoms with van der Waals surface area (Å²) >= 11 is 0. The molecule has 368 valence electrons. The summed E-state index contributed by atoms with van der Waals surface area (Å²) in [5.41, 5.74) is -1.26. The summed E-state index contributed by atoms with van der Waals surface area (Å²) in [7, 11) is 6.47. The molecule has 64 heavy (non-hydrogen) atoms. The van der Waals surface area contributed by atoms with Crippen LogP contribution in [-0.4, -0.2) is 212 Å². The Kier molecular flexibility index (Phi) is 27.1. The van der Waals surface area contributed by atoms with Gasteiger partial charge in [-0.3, -0.25) is 33.7 Å². The second-order valence-electron chi connectivity index (χ2n) is 16.9. The van der Waals surface area contributed by atoms with Crippen LogP contribution in [0.2, 0.25) is 0 Å². The van der Waals surface area contributed by atoms with Crippen molar-refractivity contribution in [3.63, 3.8) is 0 Å². The average Bonchev–Trinajstić information content (AvgIpc) is 3.88. The van der Waals surface area contributed by atoms with Crippen LogP contribution < -0.4 is 5.32 Å². The summed E-state index contributed by atoms with van der Waals surface area (Å²) in [5, 5.41) is 2.72. The van der Waals surface area contributed by atoms with Crippen molar-refractivity contribution < 1.29 is 66.7 Å². The number of likely N-dealkylation sites (tertiary alicyclic amines) is 1. The first-order valence-corrected chi connectivity index (χ1v) is 22.7. The maximum Gasteiger partial charge on any atom is 0.253 e. The molecule has 2 aliphatic heterocycles. The van der Waals surface area contributed by atoms with Gasteiger partial charge in [0.2, 0.25) is 23.6 Å². The summed E-state index contributed by atoms with van der Waals surface area (Å²) in [5.74, 6) is -1.56. The molecule has 2 rings (SSSR count). The second kappa shape index (κ2) is 30.6. The van der Waals surface area contributed by atoms with Crippen LogP contribution in [0, 0.1) is 11.8 Å². The number of nitrogens with zero attached hydrogens (tertiary/aromatic N) is 4. The van der Waals surface area contributed by atoms with Crippen LogP contribution in [0.5, 0.6) is 0 Å². The normalized spacial score (nSPS) is 17.3. The summed E-state index contributed by atoms with van der Waals surface area (Å²) in [4.78, 5) is 82.6. The molecule has 2 aliphatic rings. The first-order chi connectivity index (χ1) is 30.5. The van der Waals surface area contributed by atoms with E-state index >= 15 is 0 Å². The Labute approximate surface area is 381 Å². The first-order valence-electron chi connectivity index (χ1n) is 22.7. The molecule has 1 saturated heterocycles. The predicted molar refractivity (Wildman–Crippen MR) is 237 cm³/mol. The van der Waals surface area contributed by atoms with Crippen LogP contribution in [0.25, 0.3) is 0 Å². The van der Waals surface area contributed by atoms with E-state index < -0.39 is 23.6 Å². The van der Waals surface area contributed by atoms with Crippen molar-refractivity contribution in [2.24, 2.45) is 11.8 Å². The molecule has 19 nitrogen and oxygen atoms in total. The van der Waals surface area contributed by atoms with Crippen LogP contribution in [-0.2, 0) is 66.7 Å². The number of amides is 6.